The second-order valence-electron chi connectivity index (χ2n) is 7.52. The lowest BCUT2D eigenvalue weighted by molar-refractivity contribution is 0.290. The Morgan fingerprint density at radius 2 is 1.62 bits per heavy atom. The summed E-state index contributed by atoms with van der Waals surface area (Å²) in [6.07, 6.45) is 5.33. The Labute approximate surface area is 132 Å². The summed E-state index contributed by atoms with van der Waals surface area (Å²) < 4.78 is 0. The lowest BCUT2D eigenvalue weighted by atomic mass is 9.86. The van der Waals surface area contributed by atoms with E-state index in [0.717, 1.165) is 6.54 Å². The molecule has 1 aromatic carbocycles. The van der Waals surface area contributed by atoms with Gasteiger partial charge in [0.1, 0.15) is 0 Å². The smallest absolute Gasteiger partial charge is 0.0294 e. The monoisotopic (exact) mass is 289 g/mol. The van der Waals surface area contributed by atoms with Crippen LogP contribution in [0.4, 0.5) is 0 Å². The van der Waals surface area contributed by atoms with Gasteiger partial charge in [0, 0.05) is 12.6 Å². The summed E-state index contributed by atoms with van der Waals surface area (Å²) in [5.74, 6) is 0. The molecule has 1 nitrogen and oxygen atoms in total. The quantitative estimate of drug-likeness (QED) is 0.590. The summed E-state index contributed by atoms with van der Waals surface area (Å²) in [6, 6.07) is 5.09. The molecule has 0 bridgehead atoms. The van der Waals surface area contributed by atoms with Gasteiger partial charge in [0.15, 0.2) is 0 Å². The molecule has 0 radical (unpaired) electrons. The molecule has 21 heavy (non-hydrogen) atoms. The third-order valence-electron chi connectivity index (χ3n) is 4.69. The van der Waals surface area contributed by atoms with E-state index in [-0.39, 0.29) is 0 Å². The molecule has 0 saturated carbocycles. The zero-order chi connectivity index (χ0) is 16.0. The Hall–Kier alpha value is -0.820. The van der Waals surface area contributed by atoms with Crippen molar-refractivity contribution in [3.05, 3.63) is 34.4 Å². The van der Waals surface area contributed by atoms with Crippen molar-refractivity contribution in [1.82, 2.24) is 5.32 Å². The minimum absolute atomic E-state index is 0.386. The molecule has 1 rings (SSSR count). The minimum atomic E-state index is 0.386. The van der Waals surface area contributed by atoms with Gasteiger partial charge in [-0.05, 0) is 61.8 Å². The maximum atomic E-state index is 3.75. The van der Waals surface area contributed by atoms with Gasteiger partial charge in [-0.15, -0.1) is 0 Å². The van der Waals surface area contributed by atoms with Crippen molar-refractivity contribution in [3.63, 3.8) is 0 Å². The Bertz CT molecular complexity index is 445. The first-order valence-corrected chi connectivity index (χ1v) is 8.58. The molecule has 0 amide bonds. The van der Waals surface area contributed by atoms with Crippen LogP contribution in [0.1, 0.15) is 81.7 Å². The summed E-state index contributed by atoms with van der Waals surface area (Å²) in [5.41, 5.74) is 6.02. The van der Waals surface area contributed by atoms with Crippen LogP contribution in [-0.2, 0) is 0 Å². The second kappa shape index (κ2) is 7.98. The number of rotatable bonds is 8. The van der Waals surface area contributed by atoms with E-state index >= 15 is 0 Å². The van der Waals surface area contributed by atoms with Crippen LogP contribution >= 0.6 is 0 Å². The highest BCUT2D eigenvalue weighted by molar-refractivity contribution is 5.38. The van der Waals surface area contributed by atoms with Gasteiger partial charge >= 0.3 is 0 Å². The highest BCUT2D eigenvalue weighted by atomic mass is 14.9. The summed E-state index contributed by atoms with van der Waals surface area (Å²) >= 11 is 0. The summed E-state index contributed by atoms with van der Waals surface area (Å²) in [6.45, 7) is 17.1. The Morgan fingerprint density at radius 1 is 1.00 bits per heavy atom. The number of aryl methyl sites for hydroxylation is 3. The maximum absolute atomic E-state index is 3.75. The van der Waals surface area contributed by atoms with Crippen molar-refractivity contribution in [2.75, 3.05) is 6.54 Å². The zero-order valence-corrected chi connectivity index (χ0v) is 15.3. The van der Waals surface area contributed by atoms with Crippen molar-refractivity contribution in [1.29, 1.82) is 0 Å². The first-order chi connectivity index (χ1) is 9.76. The van der Waals surface area contributed by atoms with E-state index in [4.69, 9.17) is 0 Å². The van der Waals surface area contributed by atoms with Gasteiger partial charge in [-0.2, -0.15) is 0 Å². The van der Waals surface area contributed by atoms with E-state index in [1.54, 1.807) is 0 Å². The molecule has 0 aliphatic rings. The van der Waals surface area contributed by atoms with Crippen LogP contribution in [0.15, 0.2) is 12.1 Å². The van der Waals surface area contributed by atoms with E-state index in [0.29, 0.717) is 11.5 Å². The minimum Gasteiger partial charge on any atom is -0.310 e. The number of hydrogen-bond acceptors (Lipinski definition) is 1. The molecule has 0 aromatic heterocycles. The molecule has 0 aliphatic carbocycles. The van der Waals surface area contributed by atoms with Crippen LogP contribution in [0.3, 0.4) is 0 Å². The van der Waals surface area contributed by atoms with Crippen molar-refractivity contribution in [3.8, 4) is 0 Å². The average molecular weight is 290 g/mol. The van der Waals surface area contributed by atoms with Gasteiger partial charge in [-0.25, -0.2) is 0 Å². The fraction of sp³-hybridized carbons (Fsp3) is 0.700. The predicted octanol–water partition coefficient (Wildman–Crippen LogP) is 5.87. The van der Waals surface area contributed by atoms with Crippen LogP contribution < -0.4 is 5.32 Å². The van der Waals surface area contributed by atoms with Crippen molar-refractivity contribution in [2.24, 2.45) is 5.41 Å². The molecule has 0 spiro atoms. The standard InChI is InChI=1S/C20H35N/c1-8-9-10-11-20(6,7)14-21-18(5)19-13-16(3)15(2)12-17(19)4/h12-13,18,21H,8-11,14H2,1-7H3. The van der Waals surface area contributed by atoms with Gasteiger partial charge in [0.25, 0.3) is 0 Å². The number of benzene rings is 1. The van der Waals surface area contributed by atoms with Gasteiger partial charge in [-0.1, -0.05) is 52.2 Å². The van der Waals surface area contributed by atoms with Crippen molar-refractivity contribution < 1.29 is 0 Å². The topological polar surface area (TPSA) is 12.0 Å². The highest BCUT2D eigenvalue weighted by Crippen LogP contribution is 2.26. The van der Waals surface area contributed by atoms with Crippen LogP contribution in [-0.4, -0.2) is 6.54 Å². The number of hydrogen-bond donors (Lipinski definition) is 1. The second-order valence-corrected chi connectivity index (χ2v) is 7.52. The molecular formula is C20H35N. The van der Waals surface area contributed by atoms with Gasteiger partial charge in [0.05, 0.1) is 0 Å². The van der Waals surface area contributed by atoms with Gasteiger partial charge in [-0.3, -0.25) is 0 Å². The fourth-order valence-corrected chi connectivity index (χ4v) is 2.93. The van der Waals surface area contributed by atoms with E-state index in [1.807, 2.05) is 0 Å². The molecule has 1 atom stereocenters. The van der Waals surface area contributed by atoms with E-state index < -0.39 is 0 Å². The third kappa shape index (κ3) is 5.82. The maximum Gasteiger partial charge on any atom is 0.0294 e. The van der Waals surface area contributed by atoms with Gasteiger partial charge in [0.2, 0.25) is 0 Å². The SMILES string of the molecule is CCCCCC(C)(C)CNC(C)c1cc(C)c(C)cc1C. The molecule has 120 valence electrons. The normalized spacial score (nSPS) is 13.5. The fourth-order valence-electron chi connectivity index (χ4n) is 2.93. The molecular weight excluding hydrogens is 254 g/mol. The Balaban J connectivity index is 2.61. The predicted molar refractivity (Wildman–Crippen MR) is 95.0 cm³/mol. The number of nitrogens with one attached hydrogen (secondary N) is 1. The first-order valence-electron chi connectivity index (χ1n) is 8.58. The van der Waals surface area contributed by atoms with E-state index in [9.17, 15) is 0 Å². The van der Waals surface area contributed by atoms with Crippen molar-refractivity contribution >= 4 is 0 Å². The highest BCUT2D eigenvalue weighted by Gasteiger charge is 2.19. The Kier molecular flexibility index (Phi) is 6.93. The first kappa shape index (κ1) is 18.2. The summed E-state index contributed by atoms with van der Waals surface area (Å²) in [5, 5.41) is 3.75. The zero-order valence-electron chi connectivity index (χ0n) is 15.3. The molecule has 0 saturated heterocycles. The van der Waals surface area contributed by atoms with Crippen LogP contribution in [0.5, 0.6) is 0 Å². The van der Waals surface area contributed by atoms with Crippen LogP contribution in [0.2, 0.25) is 0 Å². The molecule has 1 heteroatoms. The molecule has 1 unspecified atom stereocenters. The average Bonchev–Trinajstić information content (AvgIpc) is 2.40. The summed E-state index contributed by atoms with van der Waals surface area (Å²) in [7, 11) is 0. The van der Waals surface area contributed by atoms with Crippen LogP contribution in [0.25, 0.3) is 0 Å². The lowest BCUT2D eigenvalue weighted by Gasteiger charge is -2.28. The van der Waals surface area contributed by atoms with Crippen LogP contribution in [0, 0.1) is 26.2 Å². The molecule has 0 heterocycles. The third-order valence-corrected chi connectivity index (χ3v) is 4.69. The van der Waals surface area contributed by atoms with E-state index in [2.05, 4.69) is 65.9 Å². The molecule has 0 fully saturated rings. The van der Waals surface area contributed by atoms with Gasteiger partial charge < -0.3 is 5.32 Å². The Morgan fingerprint density at radius 3 is 2.24 bits per heavy atom. The summed E-state index contributed by atoms with van der Waals surface area (Å²) in [4.78, 5) is 0. The largest absolute Gasteiger partial charge is 0.310 e. The van der Waals surface area contributed by atoms with Crippen molar-refractivity contribution in [2.45, 2.75) is 80.2 Å². The molecule has 0 aliphatic heterocycles. The number of unbranched alkanes of at least 4 members (excludes halogenated alkanes) is 2. The lowest BCUT2D eigenvalue weighted by Crippen LogP contribution is -2.31. The molecule has 1 aromatic rings. The molecule has 1 N–H and O–H groups in total. The van der Waals surface area contributed by atoms with E-state index in [1.165, 1.54) is 47.9 Å².